The van der Waals surface area contributed by atoms with Gasteiger partial charge in [-0.25, -0.2) is 4.79 Å². The Labute approximate surface area is 222 Å². The van der Waals surface area contributed by atoms with Crippen molar-refractivity contribution < 1.29 is 19.1 Å². The number of ether oxygens (including phenoxy) is 1. The van der Waals surface area contributed by atoms with Crippen LogP contribution >= 0.6 is 0 Å². The molecule has 2 atom stereocenters. The Hall–Kier alpha value is -3.35. The lowest BCUT2D eigenvalue weighted by Crippen LogP contribution is -2.52. The van der Waals surface area contributed by atoms with Gasteiger partial charge in [-0.15, -0.1) is 0 Å². The van der Waals surface area contributed by atoms with Gasteiger partial charge < -0.3 is 20.3 Å². The van der Waals surface area contributed by atoms with Crippen molar-refractivity contribution in [3.05, 3.63) is 71.3 Å². The Morgan fingerprint density at radius 3 is 2.14 bits per heavy atom. The average molecular weight is 510 g/mol. The van der Waals surface area contributed by atoms with E-state index in [4.69, 9.17) is 4.74 Å². The number of carbonyl (C=O) groups is 3. The lowest BCUT2D eigenvalue weighted by molar-refractivity contribution is -0.140. The van der Waals surface area contributed by atoms with E-state index in [1.165, 1.54) is 4.90 Å². The van der Waals surface area contributed by atoms with Crippen molar-refractivity contribution in [2.75, 3.05) is 13.6 Å². The molecule has 0 spiro atoms. The number of likely N-dealkylation sites (N-methyl/N-ethyl adjacent to an activating group) is 1. The van der Waals surface area contributed by atoms with Gasteiger partial charge >= 0.3 is 6.09 Å². The molecule has 2 aromatic carbocycles. The van der Waals surface area contributed by atoms with E-state index in [9.17, 15) is 14.4 Å². The molecule has 0 bridgehead atoms. The number of unbranched alkanes of at least 4 members (excludes halogenated alkanes) is 2. The molecular formula is C30H43N3O4. The van der Waals surface area contributed by atoms with Crippen molar-refractivity contribution in [1.82, 2.24) is 15.5 Å². The van der Waals surface area contributed by atoms with E-state index in [0.717, 1.165) is 42.4 Å². The number of nitrogens with zero attached hydrogens (tertiary/aromatic N) is 1. The standard InChI is InChI=1S/C30H43N3O4/c1-7-9-13-20-31-27(34)26(24-18-16-22(8-2)17-19-24)33(6)28(35)25(21-23-14-11-10-12-15-23)32-29(36)37-30(3,4)5/h10-12,14-19,25-26H,7-9,13,20-21H2,1-6H3,(H,31,34)(H,32,36). The Kier molecular flexibility index (Phi) is 11.6. The molecule has 2 aromatic rings. The molecule has 2 N–H and O–H groups in total. The summed E-state index contributed by atoms with van der Waals surface area (Å²) in [5.41, 5.74) is 2.04. The normalized spacial score (nSPS) is 12.8. The zero-order valence-electron chi connectivity index (χ0n) is 23.2. The van der Waals surface area contributed by atoms with E-state index in [1.54, 1.807) is 27.8 Å². The van der Waals surface area contributed by atoms with Crippen molar-refractivity contribution in [3.8, 4) is 0 Å². The third-order valence-electron chi connectivity index (χ3n) is 6.04. The summed E-state index contributed by atoms with van der Waals surface area (Å²) in [6, 6.07) is 15.5. The quantitative estimate of drug-likeness (QED) is 0.386. The highest BCUT2D eigenvalue weighted by molar-refractivity contribution is 5.92. The molecule has 0 aliphatic heterocycles. The van der Waals surface area contributed by atoms with E-state index in [0.29, 0.717) is 6.54 Å². The minimum atomic E-state index is -0.910. The lowest BCUT2D eigenvalue weighted by Gasteiger charge is -2.32. The number of hydrogen-bond donors (Lipinski definition) is 2. The summed E-state index contributed by atoms with van der Waals surface area (Å²) in [5, 5.41) is 5.74. The molecule has 3 amide bonds. The number of benzene rings is 2. The molecular weight excluding hydrogens is 466 g/mol. The molecule has 0 aliphatic carbocycles. The summed E-state index contributed by atoms with van der Waals surface area (Å²) < 4.78 is 5.43. The summed E-state index contributed by atoms with van der Waals surface area (Å²) in [6.07, 6.45) is 3.41. The second-order valence-corrected chi connectivity index (χ2v) is 10.3. The first kappa shape index (κ1) is 29.9. The highest BCUT2D eigenvalue weighted by atomic mass is 16.6. The van der Waals surface area contributed by atoms with Gasteiger partial charge in [0.2, 0.25) is 11.8 Å². The minimum Gasteiger partial charge on any atom is -0.444 e. The summed E-state index contributed by atoms with van der Waals surface area (Å²) in [7, 11) is 1.61. The van der Waals surface area contributed by atoms with Gasteiger partial charge in [-0.3, -0.25) is 9.59 Å². The average Bonchev–Trinajstić information content (AvgIpc) is 2.86. The maximum Gasteiger partial charge on any atom is 0.408 e. The summed E-state index contributed by atoms with van der Waals surface area (Å²) in [6.45, 7) is 10.0. The number of rotatable bonds is 12. The first-order chi connectivity index (χ1) is 17.6. The predicted octanol–water partition coefficient (Wildman–Crippen LogP) is 5.19. The van der Waals surface area contributed by atoms with E-state index in [1.807, 2.05) is 54.6 Å². The molecule has 0 saturated carbocycles. The molecule has 7 nitrogen and oxygen atoms in total. The Morgan fingerprint density at radius 2 is 1.57 bits per heavy atom. The molecule has 7 heteroatoms. The van der Waals surface area contributed by atoms with Crippen LogP contribution in [0.5, 0.6) is 0 Å². The van der Waals surface area contributed by atoms with Gasteiger partial charge in [-0.2, -0.15) is 0 Å². The van der Waals surface area contributed by atoms with Gasteiger partial charge in [0.05, 0.1) is 0 Å². The molecule has 0 saturated heterocycles. The minimum absolute atomic E-state index is 0.244. The Bertz CT molecular complexity index is 1000. The second-order valence-electron chi connectivity index (χ2n) is 10.3. The number of amides is 3. The molecule has 0 heterocycles. The summed E-state index contributed by atoms with van der Waals surface area (Å²) in [5.74, 6) is -0.616. The van der Waals surface area contributed by atoms with Crippen LogP contribution in [0.25, 0.3) is 0 Å². The van der Waals surface area contributed by atoms with Crippen molar-refractivity contribution in [2.24, 2.45) is 0 Å². The van der Waals surface area contributed by atoms with Crippen LogP contribution in [0.1, 0.15) is 76.6 Å². The first-order valence-electron chi connectivity index (χ1n) is 13.2. The number of nitrogens with one attached hydrogen (secondary N) is 2. The highest BCUT2D eigenvalue weighted by Crippen LogP contribution is 2.23. The molecule has 0 radical (unpaired) electrons. The predicted molar refractivity (Wildman–Crippen MR) is 147 cm³/mol. The summed E-state index contributed by atoms with van der Waals surface area (Å²) >= 11 is 0. The van der Waals surface area contributed by atoms with Crippen molar-refractivity contribution in [1.29, 1.82) is 0 Å². The molecule has 0 aliphatic rings. The largest absolute Gasteiger partial charge is 0.444 e. The first-order valence-corrected chi connectivity index (χ1v) is 13.2. The smallest absolute Gasteiger partial charge is 0.408 e. The highest BCUT2D eigenvalue weighted by Gasteiger charge is 2.34. The molecule has 0 fully saturated rings. The maximum absolute atomic E-state index is 13.8. The summed E-state index contributed by atoms with van der Waals surface area (Å²) in [4.78, 5) is 41.3. The van der Waals surface area contributed by atoms with E-state index >= 15 is 0 Å². The SMILES string of the molecule is CCCCCNC(=O)C(c1ccc(CC)cc1)N(C)C(=O)C(Cc1ccccc1)NC(=O)OC(C)(C)C. The van der Waals surface area contributed by atoms with Crippen LogP contribution in [0.4, 0.5) is 4.79 Å². The van der Waals surface area contributed by atoms with E-state index in [2.05, 4.69) is 24.5 Å². The second kappa shape index (κ2) is 14.4. The third-order valence-corrected chi connectivity index (χ3v) is 6.04. The number of carbonyl (C=O) groups excluding carboxylic acids is 3. The van der Waals surface area contributed by atoms with Crippen LogP contribution in [-0.2, 0) is 27.2 Å². The monoisotopic (exact) mass is 509 g/mol. The number of alkyl carbamates (subject to hydrolysis) is 1. The molecule has 0 aromatic heterocycles. The lowest BCUT2D eigenvalue weighted by atomic mass is 9.99. The topological polar surface area (TPSA) is 87.7 Å². The molecule has 2 rings (SSSR count). The van der Waals surface area contributed by atoms with E-state index < -0.39 is 23.8 Å². The zero-order chi connectivity index (χ0) is 27.4. The zero-order valence-corrected chi connectivity index (χ0v) is 23.2. The number of hydrogen-bond acceptors (Lipinski definition) is 4. The van der Waals surface area contributed by atoms with Gasteiger partial charge in [-0.1, -0.05) is 81.3 Å². The fraction of sp³-hybridized carbons (Fsp3) is 0.500. The third kappa shape index (κ3) is 9.90. The van der Waals surface area contributed by atoms with E-state index in [-0.39, 0.29) is 18.2 Å². The fourth-order valence-electron chi connectivity index (χ4n) is 4.04. The maximum atomic E-state index is 13.8. The van der Waals surface area contributed by atoms with Crippen LogP contribution in [0.2, 0.25) is 0 Å². The van der Waals surface area contributed by atoms with Gasteiger partial charge in [0, 0.05) is 20.0 Å². The van der Waals surface area contributed by atoms with Crippen LogP contribution in [0, 0.1) is 0 Å². The van der Waals surface area contributed by atoms with Crippen molar-refractivity contribution in [3.63, 3.8) is 0 Å². The molecule has 202 valence electrons. The number of aryl methyl sites for hydroxylation is 1. The van der Waals surface area contributed by atoms with Gasteiger partial charge in [0.15, 0.2) is 0 Å². The fourth-order valence-corrected chi connectivity index (χ4v) is 4.04. The molecule has 37 heavy (non-hydrogen) atoms. The van der Waals surface area contributed by atoms with Crippen molar-refractivity contribution >= 4 is 17.9 Å². The molecule has 2 unspecified atom stereocenters. The van der Waals surface area contributed by atoms with Crippen LogP contribution in [0.15, 0.2) is 54.6 Å². The van der Waals surface area contributed by atoms with Gasteiger partial charge in [0.1, 0.15) is 17.7 Å². The van der Waals surface area contributed by atoms with Crippen LogP contribution in [-0.4, -0.2) is 48.0 Å². The van der Waals surface area contributed by atoms with Gasteiger partial charge in [0.25, 0.3) is 0 Å². The van der Waals surface area contributed by atoms with Crippen LogP contribution < -0.4 is 10.6 Å². The Balaban J connectivity index is 2.34. The van der Waals surface area contributed by atoms with Crippen LogP contribution in [0.3, 0.4) is 0 Å². The van der Waals surface area contributed by atoms with Gasteiger partial charge in [-0.05, 0) is 50.3 Å². The Morgan fingerprint density at radius 1 is 0.919 bits per heavy atom. The van der Waals surface area contributed by atoms with Crippen molar-refractivity contribution in [2.45, 2.75) is 84.4 Å².